The van der Waals surface area contributed by atoms with Crippen LogP contribution in [0, 0.1) is 0 Å². The molecule has 1 fully saturated rings. The van der Waals surface area contributed by atoms with Crippen LogP contribution >= 0.6 is 0 Å². The average molecular weight is 588 g/mol. The van der Waals surface area contributed by atoms with E-state index in [2.05, 4.69) is 64.1 Å². The third-order valence-corrected chi connectivity index (χ3v) is 8.10. The predicted octanol–water partition coefficient (Wildman–Crippen LogP) is 7.37. The molecule has 1 heterocycles. The predicted molar refractivity (Wildman–Crippen MR) is 178 cm³/mol. The minimum absolute atomic E-state index is 0.358. The summed E-state index contributed by atoms with van der Waals surface area (Å²) in [5.41, 5.74) is 4.39. The van der Waals surface area contributed by atoms with E-state index in [0.29, 0.717) is 31.2 Å². The molecule has 0 atom stereocenters. The van der Waals surface area contributed by atoms with E-state index in [1.54, 1.807) is 0 Å². The van der Waals surface area contributed by atoms with Gasteiger partial charge in [0, 0.05) is 44.2 Å². The second-order valence-corrected chi connectivity index (χ2v) is 11.7. The summed E-state index contributed by atoms with van der Waals surface area (Å²) >= 11 is 0. The summed E-state index contributed by atoms with van der Waals surface area (Å²) < 4.78 is 12.4. The Balaban J connectivity index is 1.06. The lowest BCUT2D eigenvalue weighted by Gasteiger charge is -2.30. The Morgan fingerprint density at radius 1 is 0.659 bits per heavy atom. The molecular weight excluding hydrogens is 546 g/mol. The molecule has 1 saturated carbocycles. The van der Waals surface area contributed by atoms with E-state index in [-0.39, 0.29) is 0 Å². The number of ether oxygens (including phenoxy) is 2. The van der Waals surface area contributed by atoms with Crippen LogP contribution in [-0.4, -0.2) is 36.1 Å². The zero-order valence-electron chi connectivity index (χ0n) is 25.6. The molecule has 0 spiro atoms. The van der Waals surface area contributed by atoms with Gasteiger partial charge in [0.25, 0.3) is 0 Å². The second kappa shape index (κ2) is 14.2. The second-order valence-electron chi connectivity index (χ2n) is 11.7. The molecule has 0 bridgehead atoms. The summed E-state index contributed by atoms with van der Waals surface area (Å²) in [6, 6.07) is 35.7. The third kappa shape index (κ3) is 7.85. The molecule has 7 heteroatoms. The summed E-state index contributed by atoms with van der Waals surface area (Å²) in [6.45, 7) is 1.79. The lowest BCUT2D eigenvalue weighted by molar-refractivity contribution is 0.289. The van der Waals surface area contributed by atoms with Crippen LogP contribution < -0.4 is 25.0 Å². The van der Waals surface area contributed by atoms with Gasteiger partial charge in [-0.3, -0.25) is 0 Å². The largest absolute Gasteiger partial charge is 0.489 e. The van der Waals surface area contributed by atoms with Crippen LogP contribution in [0.15, 0.2) is 103 Å². The number of para-hydroxylation sites is 1. The molecule has 5 aromatic rings. The number of nitrogens with zero attached hydrogens (tertiary/aromatic N) is 3. The zero-order valence-corrected chi connectivity index (χ0v) is 25.6. The highest BCUT2D eigenvalue weighted by Crippen LogP contribution is 2.28. The highest BCUT2D eigenvalue weighted by molar-refractivity contribution is 5.90. The summed E-state index contributed by atoms with van der Waals surface area (Å²) in [5, 5.41) is 8.49. The van der Waals surface area contributed by atoms with Gasteiger partial charge >= 0.3 is 0 Å². The van der Waals surface area contributed by atoms with Crippen LogP contribution in [0.5, 0.6) is 11.5 Å². The van der Waals surface area contributed by atoms with Crippen LogP contribution in [0.2, 0.25) is 0 Å². The van der Waals surface area contributed by atoms with E-state index in [1.807, 2.05) is 68.7 Å². The minimum atomic E-state index is 0.358. The Labute approximate surface area is 260 Å². The van der Waals surface area contributed by atoms with E-state index < -0.39 is 0 Å². The van der Waals surface area contributed by atoms with Crippen LogP contribution in [0.25, 0.3) is 10.9 Å². The Kier molecular flexibility index (Phi) is 9.53. The van der Waals surface area contributed by atoms with E-state index in [1.165, 1.54) is 0 Å². The van der Waals surface area contributed by atoms with Gasteiger partial charge in [0.05, 0.1) is 5.52 Å². The van der Waals surface area contributed by atoms with Gasteiger partial charge in [-0.05, 0) is 66.6 Å². The van der Waals surface area contributed by atoms with E-state index in [9.17, 15) is 0 Å². The van der Waals surface area contributed by atoms with Gasteiger partial charge in [-0.1, -0.05) is 72.8 Å². The number of anilines is 2. The Morgan fingerprint density at radius 3 is 1.84 bits per heavy atom. The molecule has 2 N–H and O–H groups in total. The van der Waals surface area contributed by atoms with E-state index in [4.69, 9.17) is 19.4 Å². The van der Waals surface area contributed by atoms with Gasteiger partial charge in [0.1, 0.15) is 30.5 Å². The molecule has 1 aliphatic rings. The Hall–Kier alpha value is -4.62. The first-order chi connectivity index (χ1) is 21.6. The Morgan fingerprint density at radius 2 is 1.23 bits per heavy atom. The molecule has 0 saturated heterocycles. The van der Waals surface area contributed by atoms with Crippen molar-refractivity contribution in [2.45, 2.75) is 57.5 Å². The normalized spacial score (nSPS) is 16.4. The van der Waals surface area contributed by atoms with E-state index in [0.717, 1.165) is 77.1 Å². The maximum absolute atomic E-state index is 6.21. The summed E-state index contributed by atoms with van der Waals surface area (Å²) in [4.78, 5) is 11.7. The van der Waals surface area contributed by atoms with Gasteiger partial charge in [-0.2, -0.15) is 4.98 Å². The molecule has 7 nitrogen and oxygen atoms in total. The zero-order chi connectivity index (χ0) is 30.1. The number of hydrogen-bond acceptors (Lipinski definition) is 7. The van der Waals surface area contributed by atoms with Crippen molar-refractivity contribution in [3.8, 4) is 11.5 Å². The molecule has 226 valence electrons. The van der Waals surface area contributed by atoms with Crippen molar-refractivity contribution in [2.24, 2.45) is 0 Å². The van der Waals surface area contributed by atoms with Crippen molar-refractivity contribution in [3.63, 3.8) is 0 Å². The molecular formula is C37H41N5O2. The quantitative estimate of drug-likeness (QED) is 0.158. The number of nitrogens with one attached hydrogen (secondary N) is 2. The molecule has 1 aliphatic carbocycles. The fourth-order valence-corrected chi connectivity index (χ4v) is 5.73. The van der Waals surface area contributed by atoms with Crippen molar-refractivity contribution >= 4 is 22.7 Å². The standard InChI is InChI=1S/C37H41N5O2/c1-42(2)36-34-15-9-10-16-35(34)40-37(41-36)39-31-19-17-30(18-20-31)38-24-29-21-32(43-25-27-11-5-3-6-12-27)23-33(22-29)44-26-28-13-7-4-8-14-28/h3-16,21-23,30-31,38H,17-20,24-26H2,1-2H3,(H,39,40,41). The summed E-state index contributed by atoms with van der Waals surface area (Å²) in [6.07, 6.45) is 4.31. The maximum atomic E-state index is 6.21. The van der Waals surface area contributed by atoms with Crippen molar-refractivity contribution < 1.29 is 9.47 Å². The molecule has 6 rings (SSSR count). The number of fused-ring (bicyclic) bond motifs is 1. The first-order valence-corrected chi connectivity index (χ1v) is 15.5. The maximum Gasteiger partial charge on any atom is 0.225 e. The highest BCUT2D eigenvalue weighted by atomic mass is 16.5. The molecule has 44 heavy (non-hydrogen) atoms. The number of aromatic nitrogens is 2. The number of rotatable bonds is 12. The van der Waals surface area contributed by atoms with Crippen molar-refractivity contribution in [1.82, 2.24) is 15.3 Å². The summed E-state index contributed by atoms with van der Waals surface area (Å²) in [7, 11) is 4.05. The van der Waals surface area contributed by atoms with Gasteiger partial charge < -0.3 is 25.0 Å². The van der Waals surface area contributed by atoms with Gasteiger partial charge in [-0.15, -0.1) is 0 Å². The monoisotopic (exact) mass is 587 g/mol. The molecule has 0 radical (unpaired) electrons. The number of benzene rings is 4. The van der Waals surface area contributed by atoms with E-state index >= 15 is 0 Å². The smallest absolute Gasteiger partial charge is 0.225 e. The average Bonchev–Trinajstić information content (AvgIpc) is 3.06. The van der Waals surface area contributed by atoms with Crippen molar-refractivity contribution in [2.75, 3.05) is 24.3 Å². The molecule has 1 aromatic heterocycles. The van der Waals surface area contributed by atoms with Crippen LogP contribution in [-0.2, 0) is 19.8 Å². The van der Waals surface area contributed by atoms with Gasteiger partial charge in [0.2, 0.25) is 5.95 Å². The van der Waals surface area contributed by atoms with Crippen LogP contribution in [0.1, 0.15) is 42.4 Å². The molecule has 0 aliphatic heterocycles. The highest BCUT2D eigenvalue weighted by Gasteiger charge is 2.22. The first-order valence-electron chi connectivity index (χ1n) is 15.5. The van der Waals surface area contributed by atoms with Gasteiger partial charge in [0.15, 0.2) is 0 Å². The fourth-order valence-electron chi connectivity index (χ4n) is 5.73. The van der Waals surface area contributed by atoms with Crippen LogP contribution in [0.4, 0.5) is 11.8 Å². The SMILES string of the molecule is CN(C)c1nc(NC2CCC(NCc3cc(OCc4ccccc4)cc(OCc4ccccc4)c3)CC2)nc2ccccc12. The third-order valence-electron chi connectivity index (χ3n) is 8.10. The lowest BCUT2D eigenvalue weighted by atomic mass is 9.91. The van der Waals surface area contributed by atoms with Crippen LogP contribution in [0.3, 0.4) is 0 Å². The molecule has 0 unspecified atom stereocenters. The topological polar surface area (TPSA) is 71.5 Å². The molecule has 4 aromatic carbocycles. The minimum Gasteiger partial charge on any atom is -0.489 e. The van der Waals surface area contributed by atoms with Crippen molar-refractivity contribution in [3.05, 3.63) is 120 Å². The Bertz CT molecular complexity index is 1580. The summed E-state index contributed by atoms with van der Waals surface area (Å²) in [5.74, 6) is 3.28. The first kappa shape index (κ1) is 29.5. The van der Waals surface area contributed by atoms with Gasteiger partial charge in [-0.25, -0.2) is 4.98 Å². The molecule has 0 amide bonds. The lowest BCUT2D eigenvalue weighted by Crippen LogP contribution is -2.37. The fraction of sp³-hybridized carbons (Fsp3) is 0.297. The number of hydrogen-bond donors (Lipinski definition) is 2. The van der Waals surface area contributed by atoms with Crippen molar-refractivity contribution in [1.29, 1.82) is 0 Å².